The Morgan fingerprint density at radius 3 is 2.64 bits per heavy atom. The minimum Gasteiger partial charge on any atom is -0.388 e. The third-order valence-corrected chi connectivity index (χ3v) is 8.36. The molecule has 0 radical (unpaired) electrons. The second-order valence-corrected chi connectivity index (χ2v) is 11.2. The van der Waals surface area contributed by atoms with E-state index in [4.69, 9.17) is 16.3 Å². The first kappa shape index (κ1) is 28.7. The van der Waals surface area contributed by atoms with Gasteiger partial charge in [0.25, 0.3) is 0 Å². The molecule has 3 N–H and O–H groups in total. The molecule has 11 heteroatoms. The monoisotopic (exact) mass is 597 g/mol. The number of hydrogen-bond acceptors (Lipinski definition) is 7. The first-order chi connectivity index (χ1) is 20.3. The zero-order valence-electron chi connectivity index (χ0n) is 23.1. The van der Waals surface area contributed by atoms with Crippen molar-refractivity contribution in [1.29, 1.82) is 0 Å². The average Bonchev–Trinajstić information content (AvgIpc) is 3.35. The molecule has 1 atom stereocenters. The highest BCUT2D eigenvalue weighted by Crippen LogP contribution is 2.41. The third kappa shape index (κ3) is 5.64. The predicted octanol–water partition coefficient (Wildman–Crippen LogP) is 6.61. The SMILES string of the molecule is COCCN1CCC(Nc2ncc3c(F)c(-c4c(F)ccc(Nc5cc(Cl)cc6c5CCC6O)c4F)ccc3n2)CC1. The van der Waals surface area contributed by atoms with Gasteiger partial charge in [0.1, 0.15) is 11.6 Å². The lowest BCUT2D eigenvalue weighted by molar-refractivity contribution is 0.132. The highest BCUT2D eigenvalue weighted by Gasteiger charge is 2.26. The van der Waals surface area contributed by atoms with Gasteiger partial charge in [0.2, 0.25) is 5.95 Å². The largest absolute Gasteiger partial charge is 0.388 e. The topological polar surface area (TPSA) is 82.5 Å². The molecule has 1 aliphatic carbocycles. The summed E-state index contributed by atoms with van der Waals surface area (Å²) >= 11 is 6.24. The number of fused-ring (bicyclic) bond motifs is 2. The van der Waals surface area contributed by atoms with Gasteiger partial charge in [-0.05, 0) is 73.2 Å². The van der Waals surface area contributed by atoms with Crippen LogP contribution in [0.1, 0.15) is 36.5 Å². The summed E-state index contributed by atoms with van der Waals surface area (Å²) in [5, 5.41) is 17.0. The predicted molar refractivity (Wildman–Crippen MR) is 158 cm³/mol. The van der Waals surface area contributed by atoms with Crippen molar-refractivity contribution < 1.29 is 23.0 Å². The van der Waals surface area contributed by atoms with Gasteiger partial charge in [0.15, 0.2) is 5.82 Å². The average molecular weight is 598 g/mol. The second kappa shape index (κ2) is 12.0. The van der Waals surface area contributed by atoms with Crippen molar-refractivity contribution in [2.75, 3.05) is 44.0 Å². The zero-order valence-corrected chi connectivity index (χ0v) is 23.8. The van der Waals surface area contributed by atoms with Gasteiger partial charge in [-0.1, -0.05) is 11.6 Å². The number of aromatic nitrogens is 2. The van der Waals surface area contributed by atoms with Crippen LogP contribution in [0.3, 0.4) is 0 Å². The highest BCUT2D eigenvalue weighted by molar-refractivity contribution is 6.31. The Morgan fingerprint density at radius 2 is 1.86 bits per heavy atom. The van der Waals surface area contributed by atoms with Gasteiger partial charge in [0, 0.05) is 55.3 Å². The summed E-state index contributed by atoms with van der Waals surface area (Å²) in [6.45, 7) is 3.45. The lowest BCUT2D eigenvalue weighted by atomic mass is 10.0. The van der Waals surface area contributed by atoms with E-state index in [0.29, 0.717) is 47.2 Å². The summed E-state index contributed by atoms with van der Waals surface area (Å²) in [6.07, 6.45) is 3.62. The zero-order chi connectivity index (χ0) is 29.4. The minimum absolute atomic E-state index is 0.0409. The van der Waals surface area contributed by atoms with Crippen LogP contribution in [0.25, 0.3) is 22.0 Å². The molecule has 7 nitrogen and oxygen atoms in total. The number of methoxy groups -OCH3 is 1. The number of piperidine rings is 1. The Labute approximate surface area is 246 Å². The molecule has 42 heavy (non-hydrogen) atoms. The summed E-state index contributed by atoms with van der Waals surface area (Å²) in [5.41, 5.74) is 1.55. The molecule has 220 valence electrons. The van der Waals surface area contributed by atoms with Crippen LogP contribution in [0.15, 0.2) is 42.6 Å². The molecule has 0 amide bonds. The number of halogens is 4. The van der Waals surface area contributed by atoms with E-state index in [2.05, 4.69) is 25.5 Å². The van der Waals surface area contributed by atoms with Crippen LogP contribution in [0.4, 0.5) is 30.5 Å². The van der Waals surface area contributed by atoms with E-state index in [0.717, 1.165) is 44.1 Å². The summed E-state index contributed by atoms with van der Waals surface area (Å²) in [5.74, 6) is -2.28. The Hall–Kier alpha value is -3.44. The van der Waals surface area contributed by atoms with E-state index < -0.39 is 29.1 Å². The fraction of sp³-hybridized carbons (Fsp3) is 0.355. The molecule has 1 fully saturated rings. The number of ether oxygens (including phenoxy) is 1. The van der Waals surface area contributed by atoms with Gasteiger partial charge < -0.3 is 25.4 Å². The molecular weight excluding hydrogens is 567 g/mol. The second-order valence-electron chi connectivity index (χ2n) is 10.8. The van der Waals surface area contributed by atoms with Crippen molar-refractivity contribution in [1.82, 2.24) is 14.9 Å². The van der Waals surface area contributed by atoms with E-state index >= 15 is 13.2 Å². The van der Waals surface area contributed by atoms with E-state index in [9.17, 15) is 5.11 Å². The molecule has 1 aromatic heterocycles. The molecule has 0 spiro atoms. The summed E-state index contributed by atoms with van der Waals surface area (Å²) in [7, 11) is 1.69. The number of nitrogens with zero attached hydrogens (tertiary/aromatic N) is 3. The maximum Gasteiger partial charge on any atom is 0.223 e. The van der Waals surface area contributed by atoms with Gasteiger partial charge in [-0.15, -0.1) is 0 Å². The Balaban J connectivity index is 1.25. The molecule has 6 rings (SSSR count). The maximum absolute atomic E-state index is 15.8. The van der Waals surface area contributed by atoms with Gasteiger partial charge in [-0.25, -0.2) is 23.1 Å². The molecule has 1 unspecified atom stereocenters. The van der Waals surface area contributed by atoms with E-state index in [1.807, 2.05) is 0 Å². The molecule has 0 saturated carbocycles. The number of benzene rings is 3. The van der Waals surface area contributed by atoms with Crippen LogP contribution in [0.5, 0.6) is 0 Å². The smallest absolute Gasteiger partial charge is 0.223 e. The fourth-order valence-corrected chi connectivity index (χ4v) is 6.09. The molecule has 4 aromatic rings. The van der Waals surface area contributed by atoms with Crippen molar-refractivity contribution in [2.24, 2.45) is 0 Å². The summed E-state index contributed by atoms with van der Waals surface area (Å²) < 4.78 is 51.8. The van der Waals surface area contributed by atoms with E-state index in [-0.39, 0.29) is 22.7 Å². The van der Waals surface area contributed by atoms with Crippen LogP contribution >= 0.6 is 11.6 Å². The number of aliphatic hydroxyl groups is 1. The lowest BCUT2D eigenvalue weighted by Gasteiger charge is -2.32. The van der Waals surface area contributed by atoms with Crippen LogP contribution < -0.4 is 10.6 Å². The Morgan fingerprint density at radius 1 is 1.05 bits per heavy atom. The number of rotatable bonds is 8. The van der Waals surface area contributed by atoms with Gasteiger partial charge >= 0.3 is 0 Å². The molecule has 1 saturated heterocycles. The van der Waals surface area contributed by atoms with E-state index in [1.165, 1.54) is 24.4 Å². The number of hydrogen-bond donors (Lipinski definition) is 3. The molecule has 2 heterocycles. The third-order valence-electron chi connectivity index (χ3n) is 8.14. The number of nitrogens with one attached hydrogen (secondary N) is 2. The van der Waals surface area contributed by atoms with Crippen LogP contribution in [-0.4, -0.2) is 59.4 Å². The Kier molecular flexibility index (Phi) is 8.22. The first-order valence-electron chi connectivity index (χ1n) is 14.0. The fourth-order valence-electron chi connectivity index (χ4n) is 5.86. The summed E-state index contributed by atoms with van der Waals surface area (Å²) in [4.78, 5) is 11.1. The molecule has 1 aliphatic heterocycles. The summed E-state index contributed by atoms with van der Waals surface area (Å²) in [6, 6.07) is 8.73. The normalized spacial score (nSPS) is 17.5. The molecule has 0 bridgehead atoms. The number of aliphatic hydroxyl groups excluding tert-OH is 1. The van der Waals surface area contributed by atoms with Crippen molar-refractivity contribution in [3.63, 3.8) is 0 Å². The lowest BCUT2D eigenvalue weighted by Crippen LogP contribution is -2.40. The number of anilines is 3. The van der Waals surface area contributed by atoms with Crippen molar-refractivity contribution in [2.45, 2.75) is 37.8 Å². The first-order valence-corrected chi connectivity index (χ1v) is 14.4. The standard InChI is InChI=1S/C31H31ClF3N5O2/c1-42-13-12-40-10-8-18(9-11-40)37-31-36-16-22-24(39-31)5-2-20(29(22)34)28-23(33)4-6-25(30(28)35)38-26-15-17(32)14-21-19(26)3-7-27(21)41/h2,4-6,14-16,18,27,38,41H,3,7-13H2,1H3,(H,36,37,39). The molecule has 3 aromatic carbocycles. The van der Waals surface area contributed by atoms with Crippen molar-refractivity contribution >= 4 is 39.8 Å². The number of likely N-dealkylation sites (tertiary alicyclic amines) is 1. The van der Waals surface area contributed by atoms with Crippen molar-refractivity contribution in [3.05, 3.63) is 76.2 Å². The molecule has 2 aliphatic rings. The van der Waals surface area contributed by atoms with Gasteiger partial charge in [0.05, 0.1) is 34.9 Å². The van der Waals surface area contributed by atoms with Gasteiger partial charge in [-0.2, -0.15) is 0 Å². The van der Waals surface area contributed by atoms with Crippen LogP contribution in [-0.2, 0) is 11.2 Å². The van der Waals surface area contributed by atoms with Gasteiger partial charge in [-0.3, -0.25) is 0 Å². The van der Waals surface area contributed by atoms with E-state index in [1.54, 1.807) is 19.2 Å². The molecular formula is C31H31ClF3N5O2. The highest BCUT2D eigenvalue weighted by atomic mass is 35.5. The Bertz CT molecular complexity index is 1630. The maximum atomic E-state index is 15.8. The minimum atomic E-state index is -0.948. The van der Waals surface area contributed by atoms with Crippen LogP contribution in [0.2, 0.25) is 5.02 Å². The quantitative estimate of drug-likeness (QED) is 0.211. The van der Waals surface area contributed by atoms with Crippen LogP contribution in [0, 0.1) is 17.5 Å². The van der Waals surface area contributed by atoms with Crippen molar-refractivity contribution in [3.8, 4) is 11.1 Å².